The topological polar surface area (TPSA) is 46.1 Å². The largest absolute Gasteiger partial charge is 0.342 e. The number of aromatic nitrogens is 2. The van der Waals surface area contributed by atoms with Crippen LogP contribution in [-0.4, -0.2) is 39.6 Å². The van der Waals surface area contributed by atoms with Crippen molar-refractivity contribution in [3.8, 4) is 0 Å². The van der Waals surface area contributed by atoms with E-state index in [1.807, 2.05) is 36.1 Å². The monoisotopic (exact) mass is 315 g/mol. The Bertz CT molecular complexity index is 689. The van der Waals surface area contributed by atoms with Crippen molar-refractivity contribution in [2.75, 3.05) is 18.8 Å². The molecular weight excluding hydrogens is 294 g/mol. The lowest BCUT2D eigenvalue weighted by Crippen LogP contribution is -2.40. The van der Waals surface area contributed by atoms with Crippen LogP contribution < -0.4 is 0 Å². The summed E-state index contributed by atoms with van der Waals surface area (Å²) in [6.45, 7) is 5.90. The molecule has 1 aliphatic heterocycles. The van der Waals surface area contributed by atoms with Gasteiger partial charge in [0.25, 0.3) is 0 Å². The van der Waals surface area contributed by atoms with Gasteiger partial charge >= 0.3 is 0 Å². The van der Waals surface area contributed by atoms with Crippen LogP contribution in [-0.2, 0) is 4.79 Å². The highest BCUT2D eigenvalue weighted by atomic mass is 32.2. The van der Waals surface area contributed by atoms with Gasteiger partial charge in [-0.3, -0.25) is 4.79 Å². The molecule has 0 bridgehead atoms. The molecular formula is C17H21N3OS. The Hall–Kier alpha value is -1.62. The summed E-state index contributed by atoms with van der Waals surface area (Å²) in [6.07, 6.45) is 2.35. The number of carbonyl (C=O) groups excluding carboxylic acids is 1. The third-order valence-corrected chi connectivity index (χ3v) is 5.00. The average Bonchev–Trinajstić information content (AvgIpc) is 2.52. The number of fused-ring (bicyclic) bond motifs is 1. The molecule has 5 heteroatoms. The second-order valence-corrected chi connectivity index (χ2v) is 6.93. The van der Waals surface area contributed by atoms with Gasteiger partial charge in [-0.05, 0) is 31.7 Å². The van der Waals surface area contributed by atoms with E-state index in [2.05, 4.69) is 16.9 Å². The molecule has 1 amide bonds. The van der Waals surface area contributed by atoms with E-state index in [1.165, 1.54) is 18.2 Å². The minimum Gasteiger partial charge on any atom is -0.342 e. The number of hydrogen-bond acceptors (Lipinski definition) is 4. The lowest BCUT2D eigenvalue weighted by Gasteiger charge is -2.30. The molecule has 0 saturated carbocycles. The van der Waals surface area contributed by atoms with Crippen LogP contribution >= 0.6 is 11.8 Å². The van der Waals surface area contributed by atoms with Crippen LogP contribution in [0.4, 0.5) is 0 Å². The lowest BCUT2D eigenvalue weighted by molar-refractivity contribution is -0.130. The summed E-state index contributed by atoms with van der Waals surface area (Å²) in [5, 5.41) is 1.93. The quantitative estimate of drug-likeness (QED) is 0.644. The summed E-state index contributed by atoms with van der Waals surface area (Å²) in [5.74, 6) is 2.04. The molecule has 116 valence electrons. The van der Waals surface area contributed by atoms with Crippen molar-refractivity contribution < 1.29 is 4.79 Å². The maximum atomic E-state index is 12.4. The van der Waals surface area contributed by atoms with Gasteiger partial charge in [0.05, 0.1) is 11.3 Å². The van der Waals surface area contributed by atoms with Gasteiger partial charge in [-0.25, -0.2) is 9.97 Å². The number of hydrogen-bond donors (Lipinski definition) is 0. The maximum absolute atomic E-state index is 12.4. The van der Waals surface area contributed by atoms with Crippen molar-refractivity contribution in [2.45, 2.75) is 31.7 Å². The van der Waals surface area contributed by atoms with Gasteiger partial charge in [-0.2, -0.15) is 0 Å². The van der Waals surface area contributed by atoms with E-state index in [9.17, 15) is 4.79 Å². The Morgan fingerprint density at radius 3 is 3.00 bits per heavy atom. The van der Waals surface area contributed by atoms with E-state index >= 15 is 0 Å². The van der Waals surface area contributed by atoms with Crippen LogP contribution in [0.2, 0.25) is 0 Å². The number of aryl methyl sites for hydroxylation is 1. The second-order valence-electron chi connectivity index (χ2n) is 5.97. The Morgan fingerprint density at radius 2 is 2.18 bits per heavy atom. The van der Waals surface area contributed by atoms with Gasteiger partial charge in [0.15, 0.2) is 0 Å². The molecule has 2 heterocycles. The first-order valence-electron chi connectivity index (χ1n) is 7.77. The first kappa shape index (κ1) is 15.3. The third-order valence-electron chi connectivity index (χ3n) is 4.02. The first-order chi connectivity index (χ1) is 10.6. The predicted molar refractivity (Wildman–Crippen MR) is 90.0 cm³/mol. The molecule has 0 unspecified atom stereocenters. The minimum absolute atomic E-state index is 0.219. The second kappa shape index (κ2) is 6.65. The highest BCUT2D eigenvalue weighted by Gasteiger charge is 2.21. The van der Waals surface area contributed by atoms with Crippen LogP contribution in [0.25, 0.3) is 10.9 Å². The fourth-order valence-corrected chi connectivity index (χ4v) is 3.87. The van der Waals surface area contributed by atoms with Gasteiger partial charge in [-0.1, -0.05) is 36.9 Å². The van der Waals surface area contributed by atoms with E-state index in [0.717, 1.165) is 41.3 Å². The SMILES string of the molecule is Cc1nc(SCC(=O)N2CCC[C@@H](C)C2)c2ccccc2n1. The molecule has 1 fully saturated rings. The Kier molecular flexibility index (Phi) is 4.62. The van der Waals surface area contributed by atoms with Crippen molar-refractivity contribution >= 4 is 28.6 Å². The lowest BCUT2D eigenvalue weighted by atomic mass is 10.0. The fourth-order valence-electron chi connectivity index (χ4n) is 2.91. The molecule has 3 rings (SSSR count). The molecule has 1 aromatic carbocycles. The van der Waals surface area contributed by atoms with Gasteiger partial charge in [-0.15, -0.1) is 0 Å². The van der Waals surface area contributed by atoms with Crippen molar-refractivity contribution in [1.82, 2.24) is 14.9 Å². The first-order valence-corrected chi connectivity index (χ1v) is 8.76. The van der Waals surface area contributed by atoms with E-state index in [4.69, 9.17) is 0 Å². The van der Waals surface area contributed by atoms with E-state index in [0.29, 0.717) is 11.7 Å². The van der Waals surface area contributed by atoms with Crippen molar-refractivity contribution in [3.63, 3.8) is 0 Å². The molecule has 1 aromatic heterocycles. The Balaban J connectivity index is 1.72. The highest BCUT2D eigenvalue weighted by Crippen LogP contribution is 2.26. The molecule has 4 nitrogen and oxygen atoms in total. The zero-order valence-electron chi connectivity index (χ0n) is 13.1. The highest BCUT2D eigenvalue weighted by molar-refractivity contribution is 8.00. The summed E-state index contributed by atoms with van der Waals surface area (Å²) in [5.41, 5.74) is 0.941. The number of nitrogens with zero attached hydrogens (tertiary/aromatic N) is 3. The summed E-state index contributed by atoms with van der Waals surface area (Å²) < 4.78 is 0. The number of rotatable bonds is 3. The molecule has 1 aliphatic rings. The molecule has 0 radical (unpaired) electrons. The van der Waals surface area contributed by atoms with Crippen LogP contribution in [0.3, 0.4) is 0 Å². The molecule has 1 atom stereocenters. The number of para-hydroxylation sites is 1. The van der Waals surface area contributed by atoms with Crippen LogP contribution in [0.5, 0.6) is 0 Å². The van der Waals surface area contributed by atoms with Crippen LogP contribution in [0, 0.1) is 12.8 Å². The average molecular weight is 315 g/mol. The molecule has 2 aromatic rings. The normalized spacial score (nSPS) is 18.6. The third kappa shape index (κ3) is 3.40. The number of amides is 1. The van der Waals surface area contributed by atoms with Crippen molar-refractivity contribution in [2.24, 2.45) is 5.92 Å². The minimum atomic E-state index is 0.219. The summed E-state index contributed by atoms with van der Waals surface area (Å²) >= 11 is 1.52. The molecule has 0 N–H and O–H groups in total. The zero-order chi connectivity index (χ0) is 15.5. The standard InChI is InChI=1S/C17H21N3OS/c1-12-6-5-9-20(10-12)16(21)11-22-17-14-7-3-4-8-15(14)18-13(2)19-17/h3-4,7-8,12H,5-6,9-11H2,1-2H3/t12-/m1/s1. The van der Waals surface area contributed by atoms with Gasteiger partial charge < -0.3 is 4.90 Å². The van der Waals surface area contributed by atoms with Crippen LogP contribution in [0.15, 0.2) is 29.3 Å². The molecule has 0 spiro atoms. The number of piperidine rings is 1. The number of likely N-dealkylation sites (tertiary alicyclic amines) is 1. The molecule has 0 aliphatic carbocycles. The number of carbonyl (C=O) groups is 1. The smallest absolute Gasteiger partial charge is 0.232 e. The van der Waals surface area contributed by atoms with E-state index in [-0.39, 0.29) is 5.91 Å². The van der Waals surface area contributed by atoms with Gasteiger partial charge in [0.1, 0.15) is 10.9 Å². The zero-order valence-corrected chi connectivity index (χ0v) is 13.9. The van der Waals surface area contributed by atoms with Crippen molar-refractivity contribution in [1.29, 1.82) is 0 Å². The maximum Gasteiger partial charge on any atom is 0.232 e. The summed E-state index contributed by atoms with van der Waals surface area (Å²) in [4.78, 5) is 23.4. The van der Waals surface area contributed by atoms with Gasteiger partial charge in [0, 0.05) is 18.5 Å². The molecule has 1 saturated heterocycles. The number of benzene rings is 1. The summed E-state index contributed by atoms with van der Waals surface area (Å²) in [6, 6.07) is 7.97. The van der Waals surface area contributed by atoms with E-state index < -0.39 is 0 Å². The number of thioether (sulfide) groups is 1. The fraction of sp³-hybridized carbons (Fsp3) is 0.471. The molecule has 22 heavy (non-hydrogen) atoms. The van der Waals surface area contributed by atoms with Crippen LogP contribution in [0.1, 0.15) is 25.6 Å². The Morgan fingerprint density at radius 1 is 1.36 bits per heavy atom. The summed E-state index contributed by atoms with van der Waals surface area (Å²) in [7, 11) is 0. The van der Waals surface area contributed by atoms with Gasteiger partial charge in [0.2, 0.25) is 5.91 Å². The van der Waals surface area contributed by atoms with E-state index in [1.54, 1.807) is 0 Å². The Labute approximate surface area is 135 Å². The predicted octanol–water partition coefficient (Wildman–Crippen LogP) is 3.29. The van der Waals surface area contributed by atoms with Crippen molar-refractivity contribution in [3.05, 3.63) is 30.1 Å².